The van der Waals surface area contributed by atoms with Gasteiger partial charge in [-0.25, -0.2) is 4.98 Å². The molecule has 0 bridgehead atoms. The molecule has 0 fully saturated rings. The van der Waals surface area contributed by atoms with Crippen molar-refractivity contribution in [3.63, 3.8) is 0 Å². The lowest BCUT2D eigenvalue weighted by atomic mass is 10.2. The molecule has 2 aromatic carbocycles. The maximum atomic E-state index is 12.7. The fraction of sp³-hybridized carbons (Fsp3) is 0.273. The molecule has 8 nitrogen and oxygen atoms in total. The molecule has 1 aliphatic heterocycles. The van der Waals surface area contributed by atoms with Gasteiger partial charge in [-0.2, -0.15) is 0 Å². The lowest BCUT2D eigenvalue weighted by molar-refractivity contribution is -0.128. The lowest BCUT2D eigenvalue weighted by Crippen LogP contribution is -2.31. The number of carbonyl (C=O) groups excluding carboxylic acids is 1. The molecule has 0 aliphatic carbocycles. The summed E-state index contributed by atoms with van der Waals surface area (Å²) in [5.74, 6) is 1.78. The zero-order valence-corrected chi connectivity index (χ0v) is 19.1. The second-order valence-electron chi connectivity index (χ2n) is 7.26. The predicted molar refractivity (Wildman–Crippen MR) is 121 cm³/mol. The molecule has 1 aliphatic rings. The molecule has 2 aromatic heterocycles. The average Bonchev–Trinajstić information content (AvgIpc) is 3.48. The molecule has 10 heteroatoms. The number of benzene rings is 2. The third-order valence-corrected chi connectivity index (χ3v) is 7.18. The van der Waals surface area contributed by atoms with Crippen LogP contribution in [-0.2, 0) is 4.79 Å². The van der Waals surface area contributed by atoms with Crippen LogP contribution in [0.5, 0.6) is 11.5 Å². The minimum atomic E-state index is -0.482. The number of amides is 1. The molecule has 0 saturated heterocycles. The van der Waals surface area contributed by atoms with E-state index in [1.807, 2.05) is 55.5 Å². The van der Waals surface area contributed by atoms with Gasteiger partial charge in [-0.15, -0.1) is 21.5 Å². The highest BCUT2D eigenvalue weighted by atomic mass is 32.2. The van der Waals surface area contributed by atoms with E-state index in [9.17, 15) is 4.79 Å². The predicted octanol–water partition coefficient (Wildman–Crippen LogP) is 4.50. The molecular formula is C22H20N4O4S2. The van der Waals surface area contributed by atoms with E-state index in [0.717, 1.165) is 15.2 Å². The Balaban J connectivity index is 1.19. The van der Waals surface area contributed by atoms with Crippen molar-refractivity contribution in [3.05, 3.63) is 59.4 Å². The van der Waals surface area contributed by atoms with Crippen molar-refractivity contribution in [2.24, 2.45) is 0 Å². The summed E-state index contributed by atoms with van der Waals surface area (Å²) in [6, 6.07) is 15.3. The van der Waals surface area contributed by atoms with E-state index >= 15 is 0 Å². The fourth-order valence-corrected chi connectivity index (χ4v) is 4.98. The molecule has 0 spiro atoms. The maximum absolute atomic E-state index is 12.7. The van der Waals surface area contributed by atoms with E-state index in [-0.39, 0.29) is 24.3 Å². The van der Waals surface area contributed by atoms with Gasteiger partial charge in [0.05, 0.1) is 22.0 Å². The number of hydrogen-bond donors (Lipinski definition) is 0. The number of fused-ring (bicyclic) bond motifs is 2. The number of thioether (sulfide) groups is 1. The van der Waals surface area contributed by atoms with Crippen LogP contribution in [0.15, 0.2) is 58.2 Å². The van der Waals surface area contributed by atoms with Gasteiger partial charge in [-0.05, 0) is 31.2 Å². The highest BCUT2D eigenvalue weighted by Crippen LogP contribution is 2.36. The smallest absolute Gasteiger partial charge is 0.277 e. The zero-order chi connectivity index (χ0) is 22.1. The highest BCUT2D eigenvalue weighted by Gasteiger charge is 2.28. The number of rotatable bonds is 6. The number of hydrogen-bond acceptors (Lipinski definition) is 9. The first-order valence-electron chi connectivity index (χ1n) is 10.0. The second-order valence-corrected chi connectivity index (χ2v) is 9.25. The van der Waals surface area contributed by atoms with Crippen molar-refractivity contribution in [3.8, 4) is 11.5 Å². The number of aromatic nitrogens is 3. The van der Waals surface area contributed by atoms with E-state index < -0.39 is 6.10 Å². The Morgan fingerprint density at radius 1 is 1.19 bits per heavy atom. The molecule has 0 saturated carbocycles. The van der Waals surface area contributed by atoms with Crippen molar-refractivity contribution in [1.82, 2.24) is 20.1 Å². The largest absolute Gasteiger partial charge is 0.485 e. The van der Waals surface area contributed by atoms with Crippen molar-refractivity contribution in [2.45, 2.75) is 24.3 Å². The van der Waals surface area contributed by atoms with Gasteiger partial charge in [0.15, 0.2) is 11.5 Å². The van der Waals surface area contributed by atoms with Crippen LogP contribution in [0, 0.1) is 0 Å². The fourth-order valence-electron chi connectivity index (χ4n) is 3.23. The Morgan fingerprint density at radius 2 is 1.97 bits per heavy atom. The summed E-state index contributed by atoms with van der Waals surface area (Å²) >= 11 is 2.80. The highest BCUT2D eigenvalue weighted by molar-refractivity contribution is 7.99. The molecule has 0 radical (unpaired) electrons. The number of carbonyl (C=O) groups is 1. The van der Waals surface area contributed by atoms with Crippen molar-refractivity contribution in [1.29, 1.82) is 0 Å². The first kappa shape index (κ1) is 20.8. The molecule has 4 aromatic rings. The van der Waals surface area contributed by atoms with Crippen molar-refractivity contribution in [2.75, 3.05) is 19.4 Å². The lowest BCUT2D eigenvalue weighted by Gasteiger charge is -2.23. The summed E-state index contributed by atoms with van der Waals surface area (Å²) in [6.45, 7) is 2.26. The molecule has 0 N–H and O–H groups in total. The summed E-state index contributed by atoms with van der Waals surface area (Å²) in [6.07, 6.45) is -0.482. The second kappa shape index (κ2) is 8.79. The van der Waals surface area contributed by atoms with Crippen LogP contribution in [-0.4, -0.2) is 45.4 Å². The van der Waals surface area contributed by atoms with Crippen LogP contribution in [0.25, 0.3) is 10.2 Å². The van der Waals surface area contributed by atoms with Gasteiger partial charge in [-0.3, -0.25) is 4.79 Å². The maximum Gasteiger partial charge on any atom is 0.277 e. The molecule has 5 rings (SSSR count). The van der Waals surface area contributed by atoms with Crippen molar-refractivity contribution < 1.29 is 18.7 Å². The van der Waals surface area contributed by atoms with Gasteiger partial charge in [0.25, 0.3) is 11.1 Å². The van der Waals surface area contributed by atoms with Crippen LogP contribution in [0.1, 0.15) is 30.0 Å². The monoisotopic (exact) mass is 468 g/mol. The topological polar surface area (TPSA) is 90.6 Å². The number of nitrogens with zero attached hydrogens (tertiary/aromatic N) is 4. The van der Waals surface area contributed by atoms with Gasteiger partial charge in [-0.1, -0.05) is 36.0 Å². The number of ether oxygens (including phenoxy) is 2. The van der Waals surface area contributed by atoms with Crippen LogP contribution in [0.3, 0.4) is 0 Å². The first-order valence-corrected chi connectivity index (χ1v) is 11.8. The number of thiazole rings is 1. The van der Waals surface area contributed by atoms with Gasteiger partial charge >= 0.3 is 0 Å². The van der Waals surface area contributed by atoms with E-state index in [4.69, 9.17) is 13.9 Å². The minimum Gasteiger partial charge on any atom is -0.485 e. The third-order valence-electron chi connectivity index (χ3n) is 5.17. The molecule has 3 heterocycles. The summed E-state index contributed by atoms with van der Waals surface area (Å²) < 4.78 is 18.4. The Hall–Kier alpha value is -3.11. The Morgan fingerprint density at radius 3 is 2.81 bits per heavy atom. The van der Waals surface area contributed by atoms with Crippen LogP contribution in [0.2, 0.25) is 0 Å². The first-order chi connectivity index (χ1) is 15.6. The SMILES string of the molecule is CC(c1nc2ccccc2s1)N(C)C(=O)CSc1nnc(C2COc3ccccc3O2)o1. The van der Waals surface area contributed by atoms with Gasteiger partial charge in [0.1, 0.15) is 11.6 Å². The third kappa shape index (κ3) is 4.15. The Kier molecular flexibility index (Phi) is 5.71. The van der Waals surface area contributed by atoms with Gasteiger partial charge < -0.3 is 18.8 Å². The molecule has 2 unspecified atom stereocenters. The van der Waals surface area contributed by atoms with E-state index in [1.54, 1.807) is 23.3 Å². The molecule has 32 heavy (non-hydrogen) atoms. The standard InChI is InChI=1S/C22H20N4O4S2/c1-13(21-23-14-7-3-6-10-18(14)32-21)26(2)19(27)12-31-22-25-24-20(30-22)17-11-28-15-8-4-5-9-16(15)29-17/h3-10,13,17H,11-12H2,1-2H3. The van der Waals surface area contributed by atoms with E-state index in [1.165, 1.54) is 11.8 Å². The van der Waals surface area contributed by atoms with E-state index in [0.29, 0.717) is 22.6 Å². The Labute approximate surface area is 192 Å². The molecular weight excluding hydrogens is 448 g/mol. The molecule has 2 atom stereocenters. The van der Waals surface area contributed by atoms with Crippen molar-refractivity contribution >= 4 is 39.2 Å². The molecule has 164 valence electrons. The Bertz CT molecular complexity index is 1220. The summed E-state index contributed by atoms with van der Waals surface area (Å²) in [4.78, 5) is 19.1. The summed E-state index contributed by atoms with van der Waals surface area (Å²) in [7, 11) is 1.78. The van der Waals surface area contributed by atoms with E-state index in [2.05, 4.69) is 15.2 Å². The quantitative estimate of drug-likeness (QED) is 0.382. The summed E-state index contributed by atoms with van der Waals surface area (Å²) in [5, 5.41) is 9.33. The van der Waals surface area contributed by atoms with Crippen LogP contribution >= 0.6 is 23.1 Å². The normalized spacial score (nSPS) is 16.1. The van der Waals surface area contributed by atoms with Gasteiger partial charge in [0, 0.05) is 7.05 Å². The minimum absolute atomic E-state index is 0.0484. The summed E-state index contributed by atoms with van der Waals surface area (Å²) in [5.41, 5.74) is 0.949. The zero-order valence-electron chi connectivity index (χ0n) is 17.4. The number of para-hydroxylation sites is 3. The van der Waals surface area contributed by atoms with Crippen LogP contribution in [0.4, 0.5) is 0 Å². The molecule has 1 amide bonds. The van der Waals surface area contributed by atoms with Gasteiger partial charge in [0.2, 0.25) is 12.0 Å². The van der Waals surface area contributed by atoms with Crippen LogP contribution < -0.4 is 9.47 Å². The average molecular weight is 469 g/mol.